The molecule has 0 saturated heterocycles. The summed E-state index contributed by atoms with van der Waals surface area (Å²) in [6.45, 7) is 3.17. The van der Waals surface area contributed by atoms with E-state index in [1.807, 2.05) is 0 Å². The van der Waals surface area contributed by atoms with Crippen molar-refractivity contribution in [1.29, 1.82) is 0 Å². The van der Waals surface area contributed by atoms with Crippen LogP contribution in [0, 0.1) is 11.8 Å². The summed E-state index contributed by atoms with van der Waals surface area (Å²) in [4.78, 5) is 0. The summed E-state index contributed by atoms with van der Waals surface area (Å²) in [7, 11) is -8.32. The second kappa shape index (κ2) is 4.21. The second-order valence-electron chi connectivity index (χ2n) is 5.87. The third-order valence-electron chi connectivity index (χ3n) is 4.24. The van der Waals surface area contributed by atoms with E-state index in [9.17, 15) is 21.6 Å². The average Bonchev–Trinajstić information content (AvgIpc) is 2.74. The highest BCUT2D eigenvalue weighted by molar-refractivity contribution is 7.88. The number of alkyl halides is 3. The van der Waals surface area contributed by atoms with Gasteiger partial charge in [-0.1, -0.05) is 12.8 Å². The summed E-state index contributed by atoms with van der Waals surface area (Å²) in [5.74, 6) is 0.920. The predicted molar refractivity (Wildman–Crippen MR) is 62.7 cm³/mol. The number of halogens is 3. The average molecular weight is 302 g/mol. The molecular formula is C10H17F3O3SSi. The van der Waals surface area contributed by atoms with E-state index < -0.39 is 23.9 Å². The summed E-state index contributed by atoms with van der Waals surface area (Å²) in [6, 6.07) is 0. The topological polar surface area (TPSA) is 43.4 Å². The van der Waals surface area contributed by atoms with E-state index in [2.05, 4.69) is 3.87 Å². The Morgan fingerprint density at radius 1 is 1.17 bits per heavy atom. The van der Waals surface area contributed by atoms with Gasteiger partial charge >= 0.3 is 15.6 Å². The first-order valence-electron chi connectivity index (χ1n) is 6.05. The summed E-state index contributed by atoms with van der Waals surface area (Å²) in [5.41, 5.74) is -5.28. The van der Waals surface area contributed by atoms with E-state index in [4.69, 9.17) is 0 Å². The van der Waals surface area contributed by atoms with E-state index in [1.165, 1.54) is 0 Å². The smallest absolute Gasteiger partial charge is 0.308 e. The van der Waals surface area contributed by atoms with Crippen LogP contribution in [-0.4, -0.2) is 22.2 Å². The molecule has 0 aromatic rings. The molecule has 0 N–H and O–H groups in total. The van der Waals surface area contributed by atoms with Gasteiger partial charge in [0.1, 0.15) is 0 Å². The SMILES string of the molecule is C[Si](C)(OS(=O)(=O)C(F)(F)F)[C@H]1C[C@@H]2CC[C@H]1C2. The molecule has 0 radical (unpaired) electrons. The molecule has 0 aliphatic heterocycles. The maximum absolute atomic E-state index is 12.3. The minimum Gasteiger partial charge on any atom is -0.308 e. The van der Waals surface area contributed by atoms with Crippen molar-refractivity contribution < 1.29 is 25.5 Å². The molecule has 8 heteroatoms. The summed E-state index contributed by atoms with van der Waals surface area (Å²) < 4.78 is 63.9. The van der Waals surface area contributed by atoms with Gasteiger partial charge in [0.2, 0.25) is 8.32 Å². The van der Waals surface area contributed by atoms with Crippen LogP contribution in [0.3, 0.4) is 0 Å². The highest BCUT2D eigenvalue weighted by Crippen LogP contribution is 2.56. The molecule has 106 valence electrons. The quantitative estimate of drug-likeness (QED) is 0.594. The minimum absolute atomic E-state index is 0.0355. The first-order chi connectivity index (χ1) is 8.03. The van der Waals surface area contributed by atoms with E-state index >= 15 is 0 Å². The Labute approximate surface area is 106 Å². The van der Waals surface area contributed by atoms with Gasteiger partial charge in [0.25, 0.3) is 0 Å². The molecule has 0 unspecified atom stereocenters. The molecular weight excluding hydrogens is 285 g/mol. The molecule has 0 amide bonds. The molecule has 2 rings (SSSR count). The van der Waals surface area contributed by atoms with Gasteiger partial charge in [0.05, 0.1) is 0 Å². The van der Waals surface area contributed by atoms with Gasteiger partial charge in [0.15, 0.2) is 0 Å². The molecule has 3 nitrogen and oxygen atoms in total. The molecule has 2 fully saturated rings. The first-order valence-corrected chi connectivity index (χ1v) is 10.4. The van der Waals surface area contributed by atoms with Crippen LogP contribution in [0.5, 0.6) is 0 Å². The molecule has 3 atom stereocenters. The zero-order chi connectivity index (χ0) is 13.8. The summed E-state index contributed by atoms with van der Waals surface area (Å²) in [6.07, 6.45) is 3.98. The number of hydrogen-bond acceptors (Lipinski definition) is 3. The highest BCUT2D eigenvalue weighted by Gasteiger charge is 2.55. The predicted octanol–water partition coefficient (Wildman–Crippen LogP) is 3.25. The Hall–Kier alpha value is -0.0831. The van der Waals surface area contributed by atoms with Crippen molar-refractivity contribution in [2.45, 2.75) is 49.8 Å². The maximum Gasteiger partial charge on any atom is 0.522 e. The van der Waals surface area contributed by atoms with Crippen LogP contribution in [0.15, 0.2) is 0 Å². The Morgan fingerprint density at radius 3 is 2.17 bits per heavy atom. The van der Waals surface area contributed by atoms with Crippen molar-refractivity contribution in [2.24, 2.45) is 11.8 Å². The largest absolute Gasteiger partial charge is 0.522 e. The van der Waals surface area contributed by atoms with Crippen molar-refractivity contribution in [1.82, 2.24) is 0 Å². The van der Waals surface area contributed by atoms with Gasteiger partial charge in [-0.3, -0.25) is 0 Å². The number of fused-ring (bicyclic) bond motifs is 2. The summed E-state index contributed by atoms with van der Waals surface area (Å²) in [5, 5.41) is 0. The molecule has 0 spiro atoms. The van der Waals surface area contributed by atoms with E-state index in [0.717, 1.165) is 25.7 Å². The highest BCUT2D eigenvalue weighted by atomic mass is 32.2. The monoisotopic (exact) mass is 302 g/mol. The van der Waals surface area contributed by atoms with Crippen LogP contribution in [0.25, 0.3) is 0 Å². The normalized spacial score (nSPS) is 33.1. The van der Waals surface area contributed by atoms with Crippen LogP contribution in [0.2, 0.25) is 18.6 Å². The van der Waals surface area contributed by atoms with E-state index in [1.54, 1.807) is 13.1 Å². The maximum atomic E-state index is 12.3. The van der Waals surface area contributed by atoms with E-state index in [-0.39, 0.29) is 5.54 Å². The van der Waals surface area contributed by atoms with Gasteiger partial charge in [0, 0.05) is 0 Å². The molecule has 2 aliphatic rings. The van der Waals surface area contributed by atoms with Crippen molar-refractivity contribution >= 4 is 18.4 Å². The lowest BCUT2D eigenvalue weighted by Crippen LogP contribution is -2.44. The van der Waals surface area contributed by atoms with Gasteiger partial charge in [-0.15, -0.1) is 0 Å². The lowest BCUT2D eigenvalue weighted by molar-refractivity contribution is -0.0504. The van der Waals surface area contributed by atoms with Crippen molar-refractivity contribution in [2.75, 3.05) is 0 Å². The van der Waals surface area contributed by atoms with Crippen molar-refractivity contribution in [3.8, 4) is 0 Å². The lowest BCUT2D eigenvalue weighted by Gasteiger charge is -2.34. The van der Waals surface area contributed by atoms with Crippen LogP contribution in [0.1, 0.15) is 25.7 Å². The molecule has 0 heterocycles. The Balaban J connectivity index is 2.13. The Bertz CT molecular complexity index is 432. The van der Waals surface area contributed by atoms with Crippen LogP contribution in [-0.2, 0) is 14.0 Å². The zero-order valence-corrected chi connectivity index (χ0v) is 12.1. The Morgan fingerprint density at radius 2 is 1.78 bits per heavy atom. The summed E-state index contributed by atoms with van der Waals surface area (Å²) >= 11 is 0. The van der Waals surface area contributed by atoms with Crippen molar-refractivity contribution in [3.05, 3.63) is 0 Å². The Kier molecular flexibility index (Phi) is 3.35. The number of hydrogen-bond donors (Lipinski definition) is 0. The third kappa shape index (κ3) is 2.46. The fourth-order valence-electron chi connectivity index (χ4n) is 3.49. The molecule has 0 aromatic carbocycles. The fourth-order valence-corrected chi connectivity index (χ4v) is 8.96. The van der Waals surface area contributed by atoms with Gasteiger partial charge in [-0.2, -0.15) is 21.6 Å². The molecule has 18 heavy (non-hydrogen) atoms. The van der Waals surface area contributed by atoms with Crippen LogP contribution in [0.4, 0.5) is 13.2 Å². The lowest BCUT2D eigenvalue weighted by atomic mass is 10.0. The van der Waals surface area contributed by atoms with Gasteiger partial charge in [-0.25, -0.2) is 0 Å². The second-order valence-corrected chi connectivity index (χ2v) is 11.9. The molecule has 2 bridgehead atoms. The van der Waals surface area contributed by atoms with Crippen LogP contribution >= 0.6 is 0 Å². The standard InChI is InChI=1S/C10H17F3O3SSi/c1-18(2,16-17(14,15)10(11,12)13)9-6-7-3-4-8(9)5-7/h7-9H,3-6H2,1-2H3/t7-,8+,9+/m1/s1. The van der Waals surface area contributed by atoms with E-state index in [0.29, 0.717) is 11.8 Å². The molecule has 0 aromatic heterocycles. The number of rotatable bonds is 3. The zero-order valence-electron chi connectivity index (χ0n) is 10.3. The van der Waals surface area contributed by atoms with Gasteiger partial charge in [-0.05, 0) is 43.3 Å². The minimum atomic E-state index is -5.45. The third-order valence-corrected chi connectivity index (χ3v) is 9.89. The fraction of sp³-hybridized carbons (Fsp3) is 1.00. The first kappa shape index (κ1) is 14.3. The van der Waals surface area contributed by atoms with Crippen LogP contribution < -0.4 is 0 Å². The van der Waals surface area contributed by atoms with Gasteiger partial charge < -0.3 is 3.87 Å². The molecule has 2 saturated carbocycles. The van der Waals surface area contributed by atoms with Crippen molar-refractivity contribution in [3.63, 3.8) is 0 Å². The molecule has 2 aliphatic carbocycles.